The fraction of sp³-hybridized carbons (Fsp3) is 0.333. The van der Waals surface area contributed by atoms with Crippen LogP contribution < -0.4 is 5.32 Å². The van der Waals surface area contributed by atoms with Crippen LogP contribution in [-0.2, 0) is 13.0 Å². The van der Waals surface area contributed by atoms with Gasteiger partial charge in [-0.1, -0.05) is 12.1 Å². The Morgan fingerprint density at radius 2 is 2.25 bits per heavy atom. The summed E-state index contributed by atoms with van der Waals surface area (Å²) in [6, 6.07) is 0. The van der Waals surface area contributed by atoms with Crippen molar-refractivity contribution in [2.75, 3.05) is 5.32 Å². The molecular weight excluding hydrogens is 213 g/mol. The molecule has 2 rings (SSSR count). The van der Waals surface area contributed by atoms with Gasteiger partial charge in [-0.3, -0.25) is 0 Å². The third-order valence-corrected chi connectivity index (χ3v) is 2.02. The molecule has 0 saturated carbocycles. The van der Waals surface area contributed by atoms with E-state index in [1.165, 1.54) is 12.7 Å². The lowest BCUT2D eigenvalue weighted by Gasteiger charge is -2.05. The first kappa shape index (κ1) is 10.5. The van der Waals surface area contributed by atoms with Crippen molar-refractivity contribution < 1.29 is 8.91 Å². The van der Waals surface area contributed by atoms with Gasteiger partial charge in [-0.25, -0.2) is 14.4 Å². The maximum absolute atomic E-state index is 13.6. The predicted molar refractivity (Wildman–Crippen MR) is 53.0 cm³/mol. The first-order valence-electron chi connectivity index (χ1n) is 4.79. The van der Waals surface area contributed by atoms with Crippen molar-refractivity contribution in [1.29, 1.82) is 0 Å². The Bertz CT molecular complexity index is 459. The number of hydrogen-bond acceptors (Lipinski definition) is 6. The van der Waals surface area contributed by atoms with Crippen LogP contribution in [0.5, 0.6) is 0 Å². The standard InChI is InChI=1S/C9H10FN5O/c1-2-6-8(10)9(13-4-12-6)11-3-7-14-5-16-15-7/h4-5H,2-3H2,1H3,(H,11,12,13). The van der Waals surface area contributed by atoms with Gasteiger partial charge in [0, 0.05) is 0 Å². The second-order valence-electron chi connectivity index (χ2n) is 3.04. The largest absolute Gasteiger partial charge is 0.360 e. The van der Waals surface area contributed by atoms with Gasteiger partial charge in [0.1, 0.15) is 6.33 Å². The molecule has 0 atom stereocenters. The highest BCUT2D eigenvalue weighted by atomic mass is 19.1. The molecule has 6 nitrogen and oxygen atoms in total. The van der Waals surface area contributed by atoms with Gasteiger partial charge in [-0.05, 0) is 6.42 Å². The van der Waals surface area contributed by atoms with E-state index in [-0.39, 0.29) is 12.4 Å². The monoisotopic (exact) mass is 223 g/mol. The van der Waals surface area contributed by atoms with E-state index in [1.807, 2.05) is 6.92 Å². The van der Waals surface area contributed by atoms with E-state index in [2.05, 4.69) is 29.9 Å². The molecular formula is C9H10FN5O. The molecule has 1 N–H and O–H groups in total. The lowest BCUT2D eigenvalue weighted by Crippen LogP contribution is -2.07. The molecule has 0 aromatic carbocycles. The van der Waals surface area contributed by atoms with Crippen LogP contribution in [-0.4, -0.2) is 20.1 Å². The third-order valence-electron chi connectivity index (χ3n) is 2.02. The quantitative estimate of drug-likeness (QED) is 0.838. The Balaban J connectivity index is 2.09. The van der Waals surface area contributed by atoms with Crippen LogP contribution in [0.2, 0.25) is 0 Å². The summed E-state index contributed by atoms with van der Waals surface area (Å²) in [5, 5.41) is 6.37. The van der Waals surface area contributed by atoms with Crippen LogP contribution in [0.1, 0.15) is 18.4 Å². The molecule has 0 aliphatic carbocycles. The third kappa shape index (κ3) is 2.13. The van der Waals surface area contributed by atoms with Gasteiger partial charge in [-0.15, -0.1) is 0 Å². The summed E-state index contributed by atoms with van der Waals surface area (Å²) in [4.78, 5) is 11.4. The van der Waals surface area contributed by atoms with Gasteiger partial charge in [0.25, 0.3) is 0 Å². The van der Waals surface area contributed by atoms with Crippen molar-refractivity contribution >= 4 is 5.82 Å². The van der Waals surface area contributed by atoms with Gasteiger partial charge in [0.2, 0.25) is 6.39 Å². The fourth-order valence-corrected chi connectivity index (χ4v) is 1.21. The Morgan fingerprint density at radius 1 is 1.38 bits per heavy atom. The summed E-state index contributed by atoms with van der Waals surface area (Å²) >= 11 is 0. The van der Waals surface area contributed by atoms with Crippen LogP contribution in [0.4, 0.5) is 10.2 Å². The molecule has 0 saturated heterocycles. The molecule has 0 bridgehead atoms. The number of rotatable bonds is 4. The van der Waals surface area contributed by atoms with E-state index in [0.29, 0.717) is 17.9 Å². The molecule has 2 aromatic heterocycles. The molecule has 0 spiro atoms. The average Bonchev–Trinajstić information content (AvgIpc) is 2.81. The molecule has 0 aliphatic heterocycles. The summed E-state index contributed by atoms with van der Waals surface area (Å²) in [5.41, 5.74) is 0.380. The van der Waals surface area contributed by atoms with Gasteiger partial charge in [-0.2, -0.15) is 4.98 Å². The zero-order valence-electron chi connectivity index (χ0n) is 8.64. The average molecular weight is 223 g/mol. The summed E-state index contributed by atoms with van der Waals surface area (Å²) in [6.07, 6.45) is 3.05. The van der Waals surface area contributed by atoms with Crippen LogP contribution in [0.15, 0.2) is 17.2 Å². The van der Waals surface area contributed by atoms with E-state index in [1.54, 1.807) is 0 Å². The number of halogens is 1. The van der Waals surface area contributed by atoms with Crippen LogP contribution in [0, 0.1) is 5.82 Å². The smallest absolute Gasteiger partial charge is 0.213 e. The highest BCUT2D eigenvalue weighted by Crippen LogP contribution is 2.13. The van der Waals surface area contributed by atoms with Crippen molar-refractivity contribution in [2.24, 2.45) is 0 Å². The van der Waals surface area contributed by atoms with Crippen LogP contribution >= 0.6 is 0 Å². The highest BCUT2D eigenvalue weighted by Gasteiger charge is 2.09. The van der Waals surface area contributed by atoms with Gasteiger partial charge < -0.3 is 9.84 Å². The normalized spacial score (nSPS) is 10.4. The lowest BCUT2D eigenvalue weighted by molar-refractivity contribution is 0.411. The summed E-state index contributed by atoms with van der Waals surface area (Å²) in [5.74, 6) is 0.154. The lowest BCUT2D eigenvalue weighted by atomic mass is 10.3. The molecule has 2 heterocycles. The van der Waals surface area contributed by atoms with E-state index in [9.17, 15) is 4.39 Å². The molecule has 0 amide bonds. The summed E-state index contributed by atoms with van der Waals surface area (Å²) < 4.78 is 18.2. The van der Waals surface area contributed by atoms with Gasteiger partial charge in [0.05, 0.1) is 12.2 Å². The molecule has 0 unspecified atom stereocenters. The zero-order valence-corrected chi connectivity index (χ0v) is 8.64. The molecule has 0 fully saturated rings. The fourth-order valence-electron chi connectivity index (χ4n) is 1.21. The van der Waals surface area contributed by atoms with Crippen LogP contribution in [0.25, 0.3) is 0 Å². The number of nitrogens with one attached hydrogen (secondary N) is 1. The number of nitrogens with zero attached hydrogens (tertiary/aromatic N) is 4. The number of hydrogen-bond donors (Lipinski definition) is 1. The number of aryl methyl sites for hydroxylation is 1. The maximum atomic E-state index is 13.6. The van der Waals surface area contributed by atoms with Gasteiger partial charge in [0.15, 0.2) is 17.5 Å². The minimum Gasteiger partial charge on any atom is -0.360 e. The molecule has 2 aromatic rings. The van der Waals surface area contributed by atoms with E-state index in [4.69, 9.17) is 0 Å². The minimum atomic E-state index is -0.437. The summed E-state index contributed by atoms with van der Waals surface area (Å²) in [7, 11) is 0. The van der Waals surface area contributed by atoms with E-state index < -0.39 is 5.82 Å². The molecule has 16 heavy (non-hydrogen) atoms. The topological polar surface area (TPSA) is 76.7 Å². The predicted octanol–water partition coefficient (Wildman–Crippen LogP) is 1.17. The van der Waals surface area contributed by atoms with Crippen LogP contribution in [0.3, 0.4) is 0 Å². The second-order valence-corrected chi connectivity index (χ2v) is 3.04. The molecule has 84 valence electrons. The Labute approximate surface area is 90.9 Å². The number of aromatic nitrogens is 4. The Kier molecular flexibility index (Phi) is 3.04. The van der Waals surface area contributed by atoms with Gasteiger partial charge >= 0.3 is 0 Å². The molecule has 0 aliphatic rings. The zero-order chi connectivity index (χ0) is 11.4. The minimum absolute atomic E-state index is 0.150. The first-order valence-corrected chi connectivity index (χ1v) is 4.79. The first-order chi connectivity index (χ1) is 7.81. The second kappa shape index (κ2) is 4.65. The highest BCUT2D eigenvalue weighted by molar-refractivity contribution is 5.37. The van der Waals surface area contributed by atoms with Crippen molar-refractivity contribution in [2.45, 2.75) is 19.9 Å². The van der Waals surface area contributed by atoms with Crippen molar-refractivity contribution in [3.05, 3.63) is 30.1 Å². The van der Waals surface area contributed by atoms with E-state index in [0.717, 1.165) is 0 Å². The maximum Gasteiger partial charge on any atom is 0.213 e. The Hall–Kier alpha value is -2.05. The molecule has 0 radical (unpaired) electrons. The van der Waals surface area contributed by atoms with Crippen molar-refractivity contribution in [1.82, 2.24) is 20.1 Å². The number of anilines is 1. The SMILES string of the molecule is CCc1ncnc(NCc2ncon2)c1F. The van der Waals surface area contributed by atoms with E-state index >= 15 is 0 Å². The summed E-state index contributed by atoms with van der Waals surface area (Å²) in [6.45, 7) is 2.09. The van der Waals surface area contributed by atoms with Crippen molar-refractivity contribution in [3.63, 3.8) is 0 Å². The molecule has 7 heteroatoms. The van der Waals surface area contributed by atoms with Crippen molar-refractivity contribution in [3.8, 4) is 0 Å². The Morgan fingerprint density at radius 3 is 2.94 bits per heavy atom.